The summed E-state index contributed by atoms with van der Waals surface area (Å²) in [6.07, 6.45) is 0. The van der Waals surface area contributed by atoms with Crippen molar-refractivity contribution in [3.63, 3.8) is 0 Å². The van der Waals surface area contributed by atoms with Crippen molar-refractivity contribution in [1.29, 1.82) is 0 Å². The van der Waals surface area contributed by atoms with Crippen LogP contribution >= 0.6 is 11.3 Å². The van der Waals surface area contributed by atoms with Crippen LogP contribution in [0.1, 0.15) is 32.2 Å². The molecular weight excluding hydrogens is 322 g/mol. The molecule has 0 saturated carbocycles. The van der Waals surface area contributed by atoms with E-state index >= 15 is 0 Å². The van der Waals surface area contributed by atoms with Crippen molar-refractivity contribution in [3.8, 4) is 22.8 Å². The molecule has 0 aliphatic carbocycles. The molecule has 0 unspecified atom stereocenters. The molecule has 6 heteroatoms. The summed E-state index contributed by atoms with van der Waals surface area (Å²) in [4.78, 5) is 5.81. The van der Waals surface area contributed by atoms with Crippen LogP contribution in [0.15, 0.2) is 23.6 Å². The quantitative estimate of drug-likeness (QED) is 0.772. The highest BCUT2D eigenvalue weighted by Crippen LogP contribution is 2.37. The SMILES string of the molecule is CC(C)(C)c1nc2scc(-c3ccc4c(c3)OCCO4)n2c1CN. The Hall–Kier alpha value is -2.05. The Labute approximate surface area is 145 Å². The molecule has 0 amide bonds. The van der Waals surface area contributed by atoms with Gasteiger partial charge < -0.3 is 15.2 Å². The van der Waals surface area contributed by atoms with Crippen molar-refractivity contribution in [2.45, 2.75) is 32.7 Å². The lowest BCUT2D eigenvalue weighted by atomic mass is 9.90. The highest BCUT2D eigenvalue weighted by molar-refractivity contribution is 7.15. The van der Waals surface area contributed by atoms with Crippen LogP contribution in [0.4, 0.5) is 0 Å². The van der Waals surface area contributed by atoms with Crippen molar-refractivity contribution < 1.29 is 9.47 Å². The van der Waals surface area contributed by atoms with Gasteiger partial charge in [-0.15, -0.1) is 11.3 Å². The number of imidazole rings is 1. The molecule has 4 rings (SSSR count). The molecule has 0 saturated heterocycles. The Morgan fingerprint density at radius 3 is 2.67 bits per heavy atom. The van der Waals surface area contributed by atoms with Gasteiger partial charge in [-0.25, -0.2) is 4.98 Å². The summed E-state index contributed by atoms with van der Waals surface area (Å²) in [5.74, 6) is 1.60. The van der Waals surface area contributed by atoms with Crippen LogP contribution < -0.4 is 15.2 Å². The normalized spacial score (nSPS) is 14.3. The van der Waals surface area contributed by atoms with Gasteiger partial charge in [0.2, 0.25) is 0 Å². The van der Waals surface area contributed by atoms with Gasteiger partial charge >= 0.3 is 0 Å². The molecule has 2 N–H and O–H groups in total. The zero-order valence-corrected chi connectivity index (χ0v) is 14.9. The zero-order valence-electron chi connectivity index (χ0n) is 14.1. The lowest BCUT2D eigenvalue weighted by molar-refractivity contribution is 0.171. The second kappa shape index (κ2) is 5.50. The lowest BCUT2D eigenvalue weighted by Crippen LogP contribution is -2.17. The summed E-state index contributed by atoms with van der Waals surface area (Å²) in [6, 6.07) is 6.07. The molecule has 1 aliphatic heterocycles. The third-order valence-electron chi connectivity index (χ3n) is 4.20. The van der Waals surface area contributed by atoms with Gasteiger partial charge in [-0.1, -0.05) is 20.8 Å². The first kappa shape index (κ1) is 15.5. The van der Waals surface area contributed by atoms with Crippen LogP contribution in [0.5, 0.6) is 11.5 Å². The first-order valence-corrected chi connectivity index (χ1v) is 8.96. The van der Waals surface area contributed by atoms with Crippen LogP contribution in [0.3, 0.4) is 0 Å². The number of rotatable bonds is 2. The molecule has 0 bridgehead atoms. The highest BCUT2D eigenvalue weighted by Gasteiger charge is 2.25. The number of nitrogens with zero attached hydrogens (tertiary/aromatic N) is 2. The van der Waals surface area contributed by atoms with Crippen LogP contribution in [0, 0.1) is 0 Å². The van der Waals surface area contributed by atoms with Gasteiger partial charge in [0.05, 0.1) is 17.1 Å². The maximum absolute atomic E-state index is 6.07. The summed E-state index contributed by atoms with van der Waals surface area (Å²) in [6.45, 7) is 8.15. The summed E-state index contributed by atoms with van der Waals surface area (Å²) >= 11 is 1.64. The molecule has 3 aromatic rings. The minimum Gasteiger partial charge on any atom is -0.486 e. The number of aromatic nitrogens is 2. The number of ether oxygens (including phenoxy) is 2. The van der Waals surface area contributed by atoms with Crippen LogP contribution in [-0.2, 0) is 12.0 Å². The van der Waals surface area contributed by atoms with Gasteiger partial charge in [-0.2, -0.15) is 0 Å². The predicted octanol–water partition coefficient (Wildman–Crippen LogP) is 3.59. The molecule has 5 nitrogen and oxygen atoms in total. The molecule has 1 aliphatic rings. The lowest BCUT2D eigenvalue weighted by Gasteiger charge is -2.19. The Morgan fingerprint density at radius 1 is 1.21 bits per heavy atom. The third-order valence-corrected chi connectivity index (χ3v) is 5.03. The van der Waals surface area contributed by atoms with Crippen molar-refractivity contribution in [1.82, 2.24) is 9.38 Å². The van der Waals surface area contributed by atoms with E-state index in [0.717, 1.165) is 39.1 Å². The zero-order chi connectivity index (χ0) is 16.9. The standard InChI is InChI=1S/C18H21N3O2S/c1-18(2,3)16-12(9-19)21-13(10-24-17(21)20-16)11-4-5-14-15(8-11)23-7-6-22-14/h4-5,8,10H,6-7,9,19H2,1-3H3. The topological polar surface area (TPSA) is 61.8 Å². The number of nitrogens with two attached hydrogens (primary N) is 1. The highest BCUT2D eigenvalue weighted by atomic mass is 32.1. The van der Waals surface area contributed by atoms with Gasteiger partial charge in [-0.3, -0.25) is 4.40 Å². The van der Waals surface area contributed by atoms with E-state index in [0.29, 0.717) is 19.8 Å². The Bertz CT molecular complexity index is 905. The van der Waals surface area contributed by atoms with Crippen LogP contribution in [0.25, 0.3) is 16.2 Å². The van der Waals surface area contributed by atoms with E-state index in [1.807, 2.05) is 12.1 Å². The molecule has 0 spiro atoms. The Morgan fingerprint density at radius 2 is 1.96 bits per heavy atom. The fraction of sp³-hybridized carbons (Fsp3) is 0.389. The average molecular weight is 343 g/mol. The maximum Gasteiger partial charge on any atom is 0.194 e. The molecule has 0 radical (unpaired) electrons. The summed E-state index contributed by atoms with van der Waals surface area (Å²) < 4.78 is 13.5. The van der Waals surface area contributed by atoms with E-state index in [1.165, 1.54) is 0 Å². The van der Waals surface area contributed by atoms with Gasteiger partial charge in [0.25, 0.3) is 0 Å². The monoisotopic (exact) mass is 343 g/mol. The molecule has 24 heavy (non-hydrogen) atoms. The molecule has 0 fully saturated rings. The molecule has 3 heterocycles. The van der Waals surface area contributed by atoms with E-state index in [9.17, 15) is 0 Å². The van der Waals surface area contributed by atoms with Crippen LogP contribution in [-0.4, -0.2) is 22.6 Å². The Balaban J connectivity index is 1.90. The van der Waals surface area contributed by atoms with Crippen molar-refractivity contribution >= 4 is 16.3 Å². The third kappa shape index (κ3) is 2.37. The van der Waals surface area contributed by atoms with E-state index in [2.05, 4.69) is 36.6 Å². The van der Waals surface area contributed by atoms with E-state index in [1.54, 1.807) is 11.3 Å². The molecule has 126 valence electrons. The predicted molar refractivity (Wildman–Crippen MR) is 96.1 cm³/mol. The van der Waals surface area contributed by atoms with E-state index < -0.39 is 0 Å². The first-order chi connectivity index (χ1) is 11.5. The number of hydrogen-bond donors (Lipinski definition) is 1. The van der Waals surface area contributed by atoms with Gasteiger partial charge in [0.15, 0.2) is 16.5 Å². The summed E-state index contributed by atoms with van der Waals surface area (Å²) in [5, 5.41) is 2.12. The fourth-order valence-electron chi connectivity index (χ4n) is 3.11. The van der Waals surface area contributed by atoms with Crippen LogP contribution in [0.2, 0.25) is 0 Å². The van der Waals surface area contributed by atoms with Crippen molar-refractivity contribution in [2.24, 2.45) is 5.73 Å². The largest absolute Gasteiger partial charge is 0.486 e. The molecule has 1 aromatic carbocycles. The molecule has 0 atom stereocenters. The number of thiazole rings is 1. The number of fused-ring (bicyclic) bond motifs is 2. The number of benzene rings is 1. The van der Waals surface area contributed by atoms with Gasteiger partial charge in [0, 0.05) is 22.9 Å². The minimum atomic E-state index is -0.0372. The second-order valence-electron chi connectivity index (χ2n) is 6.96. The molecular formula is C18H21N3O2S. The van der Waals surface area contributed by atoms with E-state index in [4.69, 9.17) is 20.2 Å². The maximum atomic E-state index is 6.07. The average Bonchev–Trinajstić information content (AvgIpc) is 3.12. The van der Waals surface area contributed by atoms with Crippen molar-refractivity contribution in [3.05, 3.63) is 35.0 Å². The number of hydrogen-bond acceptors (Lipinski definition) is 5. The van der Waals surface area contributed by atoms with Crippen molar-refractivity contribution in [2.75, 3.05) is 13.2 Å². The molecule has 2 aromatic heterocycles. The second-order valence-corrected chi connectivity index (χ2v) is 7.80. The summed E-state index contributed by atoms with van der Waals surface area (Å²) in [7, 11) is 0. The summed E-state index contributed by atoms with van der Waals surface area (Å²) in [5.41, 5.74) is 10.3. The van der Waals surface area contributed by atoms with Gasteiger partial charge in [-0.05, 0) is 18.2 Å². The smallest absolute Gasteiger partial charge is 0.194 e. The Kier molecular flexibility index (Phi) is 3.54. The first-order valence-electron chi connectivity index (χ1n) is 8.08. The van der Waals surface area contributed by atoms with E-state index in [-0.39, 0.29) is 5.41 Å². The van der Waals surface area contributed by atoms with Gasteiger partial charge in [0.1, 0.15) is 13.2 Å². The fourth-order valence-corrected chi connectivity index (χ4v) is 4.03. The minimum absolute atomic E-state index is 0.0372.